The van der Waals surface area contributed by atoms with E-state index in [-0.39, 0.29) is 5.60 Å². The van der Waals surface area contributed by atoms with E-state index in [2.05, 4.69) is 39.8 Å². The van der Waals surface area contributed by atoms with Gasteiger partial charge < -0.3 is 9.84 Å². The molecule has 0 heterocycles. The minimum atomic E-state index is -0.545. The normalized spacial score (nSPS) is 13.7. The smallest absolute Gasteiger partial charge is 0.103 e. The maximum Gasteiger partial charge on any atom is 0.103 e. The van der Waals surface area contributed by atoms with Crippen LogP contribution in [0.1, 0.15) is 55.5 Å². The zero-order chi connectivity index (χ0) is 13.9. The Hall–Kier alpha value is -0.860. The number of hydrogen-bond donors (Lipinski definition) is 1. The Morgan fingerprint density at radius 1 is 1.17 bits per heavy atom. The lowest BCUT2D eigenvalue weighted by Crippen LogP contribution is -2.26. The number of aliphatic hydroxyl groups is 1. The van der Waals surface area contributed by atoms with Gasteiger partial charge in [-0.25, -0.2) is 0 Å². The largest absolute Gasteiger partial charge is 0.386 e. The molecule has 0 spiro atoms. The molecule has 2 nitrogen and oxygen atoms in total. The number of rotatable bonds is 5. The Balaban J connectivity index is 2.82. The molecule has 102 valence electrons. The van der Waals surface area contributed by atoms with Gasteiger partial charge in [0.25, 0.3) is 0 Å². The predicted molar refractivity (Wildman–Crippen MR) is 75.9 cm³/mol. The molecule has 1 unspecified atom stereocenters. The summed E-state index contributed by atoms with van der Waals surface area (Å²) < 4.78 is 5.79. The summed E-state index contributed by atoms with van der Waals surface area (Å²) in [6.45, 7) is 12.7. The maximum absolute atomic E-state index is 10.3. The van der Waals surface area contributed by atoms with Gasteiger partial charge in [-0.2, -0.15) is 0 Å². The van der Waals surface area contributed by atoms with Crippen LogP contribution in [0.4, 0.5) is 0 Å². The zero-order valence-corrected chi connectivity index (χ0v) is 12.5. The third kappa shape index (κ3) is 3.82. The van der Waals surface area contributed by atoms with Gasteiger partial charge in [-0.3, -0.25) is 0 Å². The van der Waals surface area contributed by atoms with Crippen molar-refractivity contribution in [2.45, 2.75) is 59.7 Å². The van der Waals surface area contributed by atoms with Crippen molar-refractivity contribution in [2.24, 2.45) is 0 Å². The van der Waals surface area contributed by atoms with Crippen LogP contribution in [0.5, 0.6) is 0 Å². The molecule has 0 aliphatic carbocycles. The third-order valence-corrected chi connectivity index (χ3v) is 3.55. The highest BCUT2D eigenvalue weighted by Gasteiger charge is 2.20. The van der Waals surface area contributed by atoms with Gasteiger partial charge in [-0.1, -0.05) is 24.6 Å². The molecule has 1 N–H and O–H groups in total. The minimum Gasteiger partial charge on any atom is -0.386 e. The molecule has 0 aliphatic rings. The average Bonchev–Trinajstić information content (AvgIpc) is 2.25. The molecule has 0 aromatic heterocycles. The van der Waals surface area contributed by atoms with E-state index in [0.717, 1.165) is 23.1 Å². The second-order valence-corrected chi connectivity index (χ2v) is 5.75. The van der Waals surface area contributed by atoms with Crippen LogP contribution in [0.25, 0.3) is 0 Å². The quantitative estimate of drug-likeness (QED) is 0.860. The highest BCUT2D eigenvalue weighted by atomic mass is 16.5. The summed E-state index contributed by atoms with van der Waals surface area (Å²) in [5, 5.41) is 10.3. The molecule has 2 heteroatoms. The van der Waals surface area contributed by atoms with Crippen molar-refractivity contribution in [1.29, 1.82) is 0 Å². The summed E-state index contributed by atoms with van der Waals surface area (Å²) in [4.78, 5) is 0. The van der Waals surface area contributed by atoms with Crippen molar-refractivity contribution in [2.75, 3.05) is 6.61 Å². The van der Waals surface area contributed by atoms with Crippen molar-refractivity contribution in [1.82, 2.24) is 0 Å². The van der Waals surface area contributed by atoms with Crippen LogP contribution >= 0.6 is 0 Å². The van der Waals surface area contributed by atoms with Gasteiger partial charge in [-0.15, -0.1) is 0 Å². The van der Waals surface area contributed by atoms with Crippen LogP contribution in [-0.2, 0) is 4.74 Å². The highest BCUT2D eigenvalue weighted by molar-refractivity contribution is 5.38. The number of aryl methyl sites for hydroxylation is 3. The van der Waals surface area contributed by atoms with Gasteiger partial charge >= 0.3 is 0 Å². The molecule has 0 saturated carbocycles. The molecule has 18 heavy (non-hydrogen) atoms. The standard InChI is InChI=1S/C16H26O2/c1-7-16(5,6)18-10-14(17)15-12(3)8-11(2)9-13(15)4/h8-9,14,17H,7,10H2,1-6H3. The fraction of sp³-hybridized carbons (Fsp3) is 0.625. The predicted octanol–water partition coefficient (Wildman–Crippen LogP) is 3.85. The van der Waals surface area contributed by atoms with E-state index in [1.54, 1.807) is 0 Å². The average molecular weight is 250 g/mol. The topological polar surface area (TPSA) is 29.5 Å². The van der Waals surface area contributed by atoms with E-state index < -0.39 is 6.10 Å². The van der Waals surface area contributed by atoms with Crippen molar-refractivity contribution >= 4 is 0 Å². The lowest BCUT2D eigenvalue weighted by Gasteiger charge is -2.26. The van der Waals surface area contributed by atoms with Crippen LogP contribution in [0.15, 0.2) is 12.1 Å². The first-order chi connectivity index (χ1) is 8.26. The van der Waals surface area contributed by atoms with E-state index in [4.69, 9.17) is 4.74 Å². The van der Waals surface area contributed by atoms with Crippen molar-refractivity contribution in [3.8, 4) is 0 Å². The van der Waals surface area contributed by atoms with Crippen LogP contribution in [-0.4, -0.2) is 17.3 Å². The molecule has 1 rings (SSSR count). The Morgan fingerprint density at radius 3 is 2.11 bits per heavy atom. The fourth-order valence-corrected chi connectivity index (χ4v) is 2.21. The number of hydrogen-bond acceptors (Lipinski definition) is 2. The molecule has 0 bridgehead atoms. The summed E-state index contributed by atoms with van der Waals surface area (Å²) in [5.41, 5.74) is 4.34. The number of benzene rings is 1. The zero-order valence-electron chi connectivity index (χ0n) is 12.5. The first-order valence-corrected chi connectivity index (χ1v) is 6.66. The molecule has 0 amide bonds. The monoisotopic (exact) mass is 250 g/mol. The fourth-order valence-electron chi connectivity index (χ4n) is 2.21. The van der Waals surface area contributed by atoms with E-state index in [1.807, 2.05) is 13.8 Å². The van der Waals surface area contributed by atoms with Gasteiger partial charge in [0.2, 0.25) is 0 Å². The van der Waals surface area contributed by atoms with E-state index in [1.165, 1.54) is 5.56 Å². The number of ether oxygens (including phenoxy) is 1. The van der Waals surface area contributed by atoms with Crippen LogP contribution < -0.4 is 0 Å². The molecule has 1 atom stereocenters. The Labute approximate surface area is 111 Å². The van der Waals surface area contributed by atoms with E-state index in [9.17, 15) is 5.11 Å². The van der Waals surface area contributed by atoms with Crippen molar-refractivity contribution in [3.05, 3.63) is 34.4 Å². The van der Waals surface area contributed by atoms with Crippen LogP contribution in [0.2, 0.25) is 0 Å². The lowest BCUT2D eigenvalue weighted by atomic mass is 9.96. The van der Waals surface area contributed by atoms with Gasteiger partial charge in [0, 0.05) is 0 Å². The Bertz CT molecular complexity index is 385. The second kappa shape index (κ2) is 5.85. The molecule has 0 saturated heterocycles. The first-order valence-electron chi connectivity index (χ1n) is 6.66. The summed E-state index contributed by atoms with van der Waals surface area (Å²) in [7, 11) is 0. The van der Waals surface area contributed by atoms with Crippen molar-refractivity contribution < 1.29 is 9.84 Å². The SMILES string of the molecule is CCC(C)(C)OCC(O)c1c(C)cc(C)cc1C. The molecule has 1 aromatic carbocycles. The van der Waals surface area contributed by atoms with Gasteiger partial charge in [0.05, 0.1) is 12.2 Å². The van der Waals surface area contributed by atoms with Gasteiger partial charge in [0.1, 0.15) is 6.10 Å². The molecule has 1 aromatic rings. The van der Waals surface area contributed by atoms with E-state index >= 15 is 0 Å². The second-order valence-electron chi connectivity index (χ2n) is 5.75. The summed E-state index contributed by atoms with van der Waals surface area (Å²) in [6, 6.07) is 4.22. The third-order valence-electron chi connectivity index (χ3n) is 3.55. The summed E-state index contributed by atoms with van der Waals surface area (Å²) >= 11 is 0. The molecule has 0 fully saturated rings. The van der Waals surface area contributed by atoms with Crippen LogP contribution in [0.3, 0.4) is 0 Å². The lowest BCUT2D eigenvalue weighted by molar-refractivity contribution is -0.0621. The van der Waals surface area contributed by atoms with Crippen LogP contribution in [0, 0.1) is 20.8 Å². The Kier molecular flexibility index (Phi) is 4.94. The minimum absolute atomic E-state index is 0.173. The number of aliphatic hydroxyl groups excluding tert-OH is 1. The molecular formula is C16H26O2. The highest BCUT2D eigenvalue weighted by Crippen LogP contribution is 2.25. The molecule has 0 aliphatic heterocycles. The summed E-state index contributed by atoms with van der Waals surface area (Å²) in [5.74, 6) is 0. The van der Waals surface area contributed by atoms with Gasteiger partial charge in [-0.05, 0) is 57.7 Å². The van der Waals surface area contributed by atoms with E-state index in [0.29, 0.717) is 6.61 Å². The Morgan fingerprint density at radius 2 is 1.67 bits per heavy atom. The first kappa shape index (κ1) is 15.2. The maximum atomic E-state index is 10.3. The van der Waals surface area contributed by atoms with Crippen molar-refractivity contribution in [3.63, 3.8) is 0 Å². The summed E-state index contributed by atoms with van der Waals surface area (Å²) in [6.07, 6.45) is 0.391. The molecular weight excluding hydrogens is 224 g/mol. The molecule has 0 radical (unpaired) electrons. The van der Waals surface area contributed by atoms with Gasteiger partial charge in [0.15, 0.2) is 0 Å².